The smallest absolute Gasteiger partial charge is 0.403 e. The Morgan fingerprint density at radius 3 is 1.59 bits per heavy atom. The molecule has 1 atom stereocenters. The van der Waals surface area contributed by atoms with Gasteiger partial charge in [0.25, 0.3) is 0 Å². The molecular formula is C20H31B2FO4. The molecule has 0 radical (unpaired) electrons. The van der Waals surface area contributed by atoms with Crippen molar-refractivity contribution < 1.29 is 23.0 Å². The molecule has 3 rings (SSSR count). The summed E-state index contributed by atoms with van der Waals surface area (Å²) in [7, 11) is -0.844. The first kappa shape index (κ1) is 20.8. The van der Waals surface area contributed by atoms with E-state index in [2.05, 4.69) is 0 Å². The van der Waals surface area contributed by atoms with Crippen LogP contribution in [0.2, 0.25) is 6.32 Å². The molecule has 2 aliphatic rings. The summed E-state index contributed by atoms with van der Waals surface area (Å²) in [6.07, 6.45) is 0.565. The minimum Gasteiger partial charge on any atom is -0.403 e. The largest absolute Gasteiger partial charge is 0.465 e. The fourth-order valence-corrected chi connectivity index (χ4v) is 3.44. The number of hydrogen-bond acceptors (Lipinski definition) is 4. The molecule has 1 unspecified atom stereocenters. The van der Waals surface area contributed by atoms with Crippen LogP contribution in [0.15, 0.2) is 24.3 Å². The maximum absolute atomic E-state index is 13.5. The summed E-state index contributed by atoms with van der Waals surface area (Å²) in [5.74, 6) is -0.400. The van der Waals surface area contributed by atoms with E-state index < -0.39 is 29.5 Å². The van der Waals surface area contributed by atoms with Crippen LogP contribution in [-0.4, -0.2) is 36.6 Å². The van der Waals surface area contributed by atoms with Crippen molar-refractivity contribution >= 4 is 14.2 Å². The molecule has 27 heavy (non-hydrogen) atoms. The Hall–Kier alpha value is -0.880. The van der Waals surface area contributed by atoms with Gasteiger partial charge in [0, 0.05) is 5.82 Å². The zero-order valence-electron chi connectivity index (χ0n) is 17.8. The molecule has 0 aromatic heterocycles. The van der Waals surface area contributed by atoms with Gasteiger partial charge in [-0.3, -0.25) is 0 Å². The van der Waals surface area contributed by atoms with Crippen molar-refractivity contribution in [3.63, 3.8) is 0 Å². The van der Waals surface area contributed by atoms with Crippen molar-refractivity contribution in [2.24, 2.45) is 0 Å². The highest BCUT2D eigenvalue weighted by Crippen LogP contribution is 2.45. The number of halogens is 1. The van der Waals surface area contributed by atoms with Gasteiger partial charge in [0.1, 0.15) is 5.82 Å². The molecule has 1 aromatic carbocycles. The zero-order chi connectivity index (χ0) is 20.3. The Balaban J connectivity index is 1.87. The SMILES string of the molecule is CC1(C)OB(CC(B2OC(C)(C)C(C)(C)O2)c2ccc(F)cc2)OC1(C)C. The summed E-state index contributed by atoms with van der Waals surface area (Å²) in [5.41, 5.74) is -0.732. The molecule has 0 aliphatic carbocycles. The van der Waals surface area contributed by atoms with Crippen LogP contribution in [0.25, 0.3) is 0 Å². The maximum atomic E-state index is 13.5. The van der Waals surface area contributed by atoms with Crippen LogP contribution >= 0.6 is 0 Å². The highest BCUT2D eigenvalue weighted by Gasteiger charge is 2.57. The molecule has 0 N–H and O–H groups in total. The van der Waals surface area contributed by atoms with Crippen LogP contribution in [0.5, 0.6) is 0 Å². The van der Waals surface area contributed by atoms with Gasteiger partial charge in [-0.05, 0) is 79.4 Å². The third kappa shape index (κ3) is 3.84. The van der Waals surface area contributed by atoms with Crippen LogP contribution in [0.3, 0.4) is 0 Å². The molecule has 4 nitrogen and oxygen atoms in total. The van der Waals surface area contributed by atoms with Crippen molar-refractivity contribution in [3.05, 3.63) is 35.6 Å². The van der Waals surface area contributed by atoms with Gasteiger partial charge in [0.2, 0.25) is 0 Å². The minimum absolute atomic E-state index is 0.138. The van der Waals surface area contributed by atoms with Crippen molar-refractivity contribution in [3.8, 4) is 0 Å². The fourth-order valence-electron chi connectivity index (χ4n) is 3.44. The lowest BCUT2D eigenvalue weighted by Gasteiger charge is -2.32. The lowest BCUT2D eigenvalue weighted by atomic mass is 9.58. The van der Waals surface area contributed by atoms with Gasteiger partial charge < -0.3 is 18.6 Å². The topological polar surface area (TPSA) is 36.9 Å². The molecule has 0 amide bonds. The summed E-state index contributed by atoms with van der Waals surface area (Å²) in [6.45, 7) is 16.3. The van der Waals surface area contributed by atoms with Crippen LogP contribution in [-0.2, 0) is 18.6 Å². The Bertz CT molecular complexity index is 656. The van der Waals surface area contributed by atoms with Gasteiger partial charge in [-0.25, -0.2) is 4.39 Å². The van der Waals surface area contributed by atoms with Gasteiger partial charge >= 0.3 is 14.2 Å². The first-order valence-corrected chi connectivity index (χ1v) is 9.71. The van der Waals surface area contributed by atoms with Crippen LogP contribution in [0.4, 0.5) is 4.39 Å². The lowest BCUT2D eigenvalue weighted by molar-refractivity contribution is 0.00578. The number of hydrogen-bond donors (Lipinski definition) is 0. The molecule has 0 spiro atoms. The van der Waals surface area contributed by atoms with Crippen LogP contribution in [0, 0.1) is 5.82 Å². The maximum Gasteiger partial charge on any atom is 0.465 e. The van der Waals surface area contributed by atoms with Crippen LogP contribution < -0.4 is 0 Å². The van der Waals surface area contributed by atoms with E-state index in [0.29, 0.717) is 6.32 Å². The summed E-state index contributed by atoms with van der Waals surface area (Å²) < 4.78 is 38.5. The zero-order valence-corrected chi connectivity index (χ0v) is 17.8. The Kier molecular flexibility index (Phi) is 5.08. The van der Waals surface area contributed by atoms with E-state index in [1.165, 1.54) is 12.1 Å². The highest BCUT2D eigenvalue weighted by molar-refractivity contribution is 6.53. The monoisotopic (exact) mass is 376 g/mol. The Morgan fingerprint density at radius 2 is 1.15 bits per heavy atom. The van der Waals surface area contributed by atoms with Gasteiger partial charge in [-0.2, -0.15) is 0 Å². The fraction of sp³-hybridized carbons (Fsp3) is 0.700. The number of rotatable bonds is 4. The van der Waals surface area contributed by atoms with E-state index in [4.69, 9.17) is 18.6 Å². The number of benzene rings is 1. The molecule has 2 aliphatic heterocycles. The van der Waals surface area contributed by atoms with Crippen molar-refractivity contribution in [2.75, 3.05) is 0 Å². The summed E-state index contributed by atoms with van der Waals surface area (Å²) in [6, 6.07) is 6.52. The molecular weight excluding hydrogens is 345 g/mol. The summed E-state index contributed by atoms with van der Waals surface area (Å²) in [4.78, 5) is 0. The second kappa shape index (κ2) is 6.58. The second-order valence-corrected chi connectivity index (χ2v) is 9.70. The molecule has 2 saturated heterocycles. The van der Waals surface area contributed by atoms with Crippen LogP contribution in [0.1, 0.15) is 66.8 Å². The van der Waals surface area contributed by atoms with Gasteiger partial charge in [-0.15, -0.1) is 0 Å². The first-order valence-electron chi connectivity index (χ1n) is 9.71. The standard InChI is InChI=1S/C20H31B2FO4/c1-17(2)18(3,4)25-21(24-17)13-16(14-9-11-15(23)12-10-14)22-26-19(5,6)20(7,8)27-22/h9-12,16H,13H2,1-8H3. The summed E-state index contributed by atoms with van der Waals surface area (Å²) in [5, 5.41) is 0. The van der Waals surface area contributed by atoms with Gasteiger partial charge in [-0.1, -0.05) is 12.1 Å². The van der Waals surface area contributed by atoms with Crippen molar-refractivity contribution in [1.29, 1.82) is 0 Å². The average molecular weight is 376 g/mol. The van der Waals surface area contributed by atoms with E-state index in [9.17, 15) is 4.39 Å². The lowest BCUT2D eigenvalue weighted by Crippen LogP contribution is -2.41. The highest BCUT2D eigenvalue weighted by atomic mass is 19.1. The van der Waals surface area contributed by atoms with Gasteiger partial charge in [0.15, 0.2) is 0 Å². The van der Waals surface area contributed by atoms with Crippen molar-refractivity contribution in [2.45, 2.75) is 89.9 Å². The van der Waals surface area contributed by atoms with E-state index in [0.717, 1.165) is 5.56 Å². The molecule has 2 fully saturated rings. The third-order valence-corrected chi connectivity index (χ3v) is 6.65. The molecule has 0 saturated carbocycles. The van der Waals surface area contributed by atoms with Crippen molar-refractivity contribution in [1.82, 2.24) is 0 Å². The molecule has 7 heteroatoms. The predicted molar refractivity (Wildman–Crippen MR) is 106 cm³/mol. The molecule has 2 heterocycles. The van der Waals surface area contributed by atoms with E-state index in [1.807, 2.05) is 55.4 Å². The average Bonchev–Trinajstić information content (AvgIpc) is 2.85. The Labute approximate surface area is 163 Å². The summed E-state index contributed by atoms with van der Waals surface area (Å²) >= 11 is 0. The quantitative estimate of drug-likeness (QED) is 0.718. The molecule has 0 bridgehead atoms. The van der Waals surface area contributed by atoms with Gasteiger partial charge in [0.05, 0.1) is 22.4 Å². The van der Waals surface area contributed by atoms with E-state index in [-0.39, 0.29) is 18.8 Å². The predicted octanol–water partition coefficient (Wildman–Crippen LogP) is 4.63. The molecule has 148 valence electrons. The van der Waals surface area contributed by atoms with E-state index in [1.54, 1.807) is 12.1 Å². The second-order valence-electron chi connectivity index (χ2n) is 9.70. The van der Waals surface area contributed by atoms with E-state index >= 15 is 0 Å². The Morgan fingerprint density at radius 1 is 0.741 bits per heavy atom. The third-order valence-electron chi connectivity index (χ3n) is 6.65. The minimum atomic E-state index is -0.459. The molecule has 1 aromatic rings. The first-order chi connectivity index (χ1) is 12.2. The normalized spacial score (nSPS) is 26.4.